The maximum absolute atomic E-state index is 13.3. The van der Waals surface area contributed by atoms with Gasteiger partial charge in [-0.05, 0) is 61.7 Å². The number of hydrogen-bond donors (Lipinski definition) is 2. The molecule has 0 aliphatic heterocycles. The molecule has 0 unspecified atom stereocenters. The first-order chi connectivity index (χ1) is 10.0. The minimum atomic E-state index is -0.182. The van der Waals surface area contributed by atoms with Crippen LogP contribution in [0.2, 0.25) is 0 Å². The first-order valence-corrected chi connectivity index (χ1v) is 6.99. The van der Waals surface area contributed by atoms with Crippen molar-refractivity contribution in [3.63, 3.8) is 0 Å². The van der Waals surface area contributed by atoms with Gasteiger partial charge in [-0.15, -0.1) is 0 Å². The van der Waals surface area contributed by atoms with E-state index in [2.05, 4.69) is 15.3 Å². The average Bonchev–Trinajstić information content (AvgIpc) is 2.78. The van der Waals surface area contributed by atoms with E-state index in [0.29, 0.717) is 6.54 Å². The molecule has 3 rings (SSSR count). The van der Waals surface area contributed by atoms with Crippen LogP contribution in [-0.2, 0) is 6.54 Å². The molecule has 108 valence electrons. The van der Waals surface area contributed by atoms with Gasteiger partial charge in [0.15, 0.2) is 0 Å². The van der Waals surface area contributed by atoms with Crippen LogP contribution in [-0.4, -0.2) is 9.97 Å². The molecule has 3 nitrogen and oxygen atoms in total. The Morgan fingerprint density at radius 1 is 1.14 bits per heavy atom. The molecule has 0 saturated carbocycles. The zero-order valence-corrected chi connectivity index (χ0v) is 12.4. The van der Waals surface area contributed by atoms with E-state index in [9.17, 15) is 4.39 Å². The number of imidazole rings is 1. The van der Waals surface area contributed by atoms with Gasteiger partial charge in [0.2, 0.25) is 0 Å². The van der Waals surface area contributed by atoms with Gasteiger partial charge in [-0.1, -0.05) is 6.07 Å². The molecule has 21 heavy (non-hydrogen) atoms. The van der Waals surface area contributed by atoms with Gasteiger partial charge in [0, 0.05) is 6.54 Å². The smallest absolute Gasteiger partial charge is 0.123 e. The number of aromatic amines is 1. The van der Waals surface area contributed by atoms with Crippen LogP contribution in [0, 0.1) is 26.6 Å². The molecule has 0 atom stereocenters. The number of para-hydroxylation sites is 1. The van der Waals surface area contributed by atoms with Gasteiger partial charge in [-0.25, -0.2) is 9.37 Å². The summed E-state index contributed by atoms with van der Waals surface area (Å²) in [6.07, 6.45) is 0. The second kappa shape index (κ2) is 5.20. The number of benzene rings is 2. The first-order valence-electron chi connectivity index (χ1n) is 6.99. The predicted octanol–water partition coefficient (Wildman–Crippen LogP) is 4.24. The normalized spacial score (nSPS) is 11.0. The molecule has 2 N–H and O–H groups in total. The molecular formula is C17H18FN3. The molecular weight excluding hydrogens is 265 g/mol. The quantitative estimate of drug-likeness (QED) is 0.755. The molecule has 1 aromatic heterocycles. The summed E-state index contributed by atoms with van der Waals surface area (Å²) in [6.45, 7) is 6.47. The van der Waals surface area contributed by atoms with Gasteiger partial charge >= 0.3 is 0 Å². The molecule has 0 amide bonds. The van der Waals surface area contributed by atoms with Crippen molar-refractivity contribution < 1.29 is 4.39 Å². The van der Waals surface area contributed by atoms with Crippen LogP contribution in [0.3, 0.4) is 0 Å². The molecule has 0 bridgehead atoms. The van der Waals surface area contributed by atoms with Gasteiger partial charge in [0.05, 0.1) is 11.2 Å². The number of fused-ring (bicyclic) bond motifs is 1. The van der Waals surface area contributed by atoms with E-state index in [1.807, 2.05) is 39.0 Å². The van der Waals surface area contributed by atoms with E-state index < -0.39 is 0 Å². The van der Waals surface area contributed by atoms with E-state index >= 15 is 0 Å². The Morgan fingerprint density at radius 2 is 1.86 bits per heavy atom. The van der Waals surface area contributed by atoms with Gasteiger partial charge in [0.25, 0.3) is 0 Å². The monoisotopic (exact) mass is 283 g/mol. The van der Waals surface area contributed by atoms with Crippen LogP contribution >= 0.6 is 0 Å². The van der Waals surface area contributed by atoms with Crippen LogP contribution in [0.25, 0.3) is 11.0 Å². The largest absolute Gasteiger partial charge is 0.379 e. The summed E-state index contributed by atoms with van der Waals surface area (Å²) in [5.74, 6) is 0.715. The number of halogens is 1. The molecule has 2 aromatic carbocycles. The number of nitrogens with one attached hydrogen (secondary N) is 2. The van der Waals surface area contributed by atoms with Crippen molar-refractivity contribution in [2.45, 2.75) is 27.3 Å². The van der Waals surface area contributed by atoms with Crippen molar-refractivity contribution in [1.82, 2.24) is 9.97 Å². The minimum Gasteiger partial charge on any atom is -0.379 e. The third kappa shape index (κ3) is 2.61. The SMILES string of the molecule is Cc1nc2c(NCc3c(C)cc(F)cc3C)cccc2[nH]1. The van der Waals surface area contributed by atoms with E-state index in [-0.39, 0.29) is 5.82 Å². The van der Waals surface area contributed by atoms with Crippen molar-refractivity contribution in [2.75, 3.05) is 5.32 Å². The highest BCUT2D eigenvalue weighted by Crippen LogP contribution is 2.23. The summed E-state index contributed by atoms with van der Waals surface area (Å²) in [7, 11) is 0. The number of hydrogen-bond acceptors (Lipinski definition) is 2. The Hall–Kier alpha value is -2.36. The maximum atomic E-state index is 13.3. The standard InChI is InChI=1S/C17H18FN3/c1-10-7-13(18)8-11(2)14(10)9-19-15-5-4-6-16-17(15)21-12(3)20-16/h4-8,19H,9H2,1-3H3,(H,20,21). The summed E-state index contributed by atoms with van der Waals surface area (Å²) >= 11 is 0. The number of anilines is 1. The molecule has 0 spiro atoms. The zero-order valence-electron chi connectivity index (χ0n) is 12.4. The Morgan fingerprint density at radius 3 is 2.57 bits per heavy atom. The van der Waals surface area contributed by atoms with Crippen molar-refractivity contribution in [3.05, 3.63) is 58.7 Å². The lowest BCUT2D eigenvalue weighted by Gasteiger charge is -2.12. The van der Waals surface area contributed by atoms with E-state index in [1.165, 1.54) is 0 Å². The van der Waals surface area contributed by atoms with Crippen molar-refractivity contribution in [3.8, 4) is 0 Å². The lowest BCUT2D eigenvalue weighted by atomic mass is 10.0. The van der Waals surface area contributed by atoms with Crippen molar-refractivity contribution in [2.24, 2.45) is 0 Å². The van der Waals surface area contributed by atoms with Gasteiger partial charge in [-0.3, -0.25) is 0 Å². The van der Waals surface area contributed by atoms with Crippen LogP contribution in [0.15, 0.2) is 30.3 Å². The lowest BCUT2D eigenvalue weighted by molar-refractivity contribution is 0.624. The lowest BCUT2D eigenvalue weighted by Crippen LogP contribution is -2.04. The molecule has 3 aromatic rings. The summed E-state index contributed by atoms with van der Waals surface area (Å²) in [4.78, 5) is 7.73. The highest BCUT2D eigenvalue weighted by molar-refractivity contribution is 5.88. The third-order valence-electron chi connectivity index (χ3n) is 3.75. The fourth-order valence-corrected chi connectivity index (χ4v) is 2.70. The number of aromatic nitrogens is 2. The highest BCUT2D eigenvalue weighted by Gasteiger charge is 2.08. The minimum absolute atomic E-state index is 0.182. The van der Waals surface area contributed by atoms with Crippen LogP contribution in [0.1, 0.15) is 22.5 Å². The Balaban J connectivity index is 1.90. The fourth-order valence-electron chi connectivity index (χ4n) is 2.70. The summed E-state index contributed by atoms with van der Waals surface area (Å²) < 4.78 is 13.3. The molecule has 0 fully saturated rings. The number of H-pyrrole nitrogens is 1. The molecule has 4 heteroatoms. The molecule has 0 aliphatic rings. The first kappa shape index (κ1) is 13.6. The summed E-state index contributed by atoms with van der Waals surface area (Å²) in [6, 6.07) is 9.16. The summed E-state index contributed by atoms with van der Waals surface area (Å²) in [5, 5.41) is 3.41. The highest BCUT2D eigenvalue weighted by atomic mass is 19.1. The Bertz CT molecular complexity index is 782. The van der Waals surface area contributed by atoms with Gasteiger partial charge in [-0.2, -0.15) is 0 Å². The van der Waals surface area contributed by atoms with Crippen molar-refractivity contribution >= 4 is 16.7 Å². The topological polar surface area (TPSA) is 40.7 Å². The van der Waals surface area contributed by atoms with Crippen LogP contribution in [0.5, 0.6) is 0 Å². The number of aryl methyl sites for hydroxylation is 3. The average molecular weight is 283 g/mol. The third-order valence-corrected chi connectivity index (χ3v) is 3.75. The van der Waals surface area contributed by atoms with Gasteiger partial charge < -0.3 is 10.3 Å². The molecule has 0 radical (unpaired) electrons. The maximum Gasteiger partial charge on any atom is 0.123 e. The predicted molar refractivity (Wildman–Crippen MR) is 84.0 cm³/mol. The zero-order chi connectivity index (χ0) is 15.0. The molecule has 1 heterocycles. The van der Waals surface area contributed by atoms with Crippen LogP contribution < -0.4 is 5.32 Å². The van der Waals surface area contributed by atoms with E-state index in [4.69, 9.17) is 0 Å². The Kier molecular flexibility index (Phi) is 3.37. The Labute approximate surface area is 123 Å². The number of nitrogens with zero attached hydrogens (tertiary/aromatic N) is 1. The van der Waals surface area contributed by atoms with Crippen LogP contribution in [0.4, 0.5) is 10.1 Å². The molecule has 0 saturated heterocycles. The second-order valence-corrected chi connectivity index (χ2v) is 5.40. The number of rotatable bonds is 3. The van der Waals surface area contributed by atoms with E-state index in [0.717, 1.165) is 39.2 Å². The van der Waals surface area contributed by atoms with Crippen molar-refractivity contribution in [1.29, 1.82) is 0 Å². The molecule has 0 aliphatic carbocycles. The fraction of sp³-hybridized carbons (Fsp3) is 0.235. The second-order valence-electron chi connectivity index (χ2n) is 5.40. The summed E-state index contributed by atoms with van der Waals surface area (Å²) in [5.41, 5.74) is 5.99. The van der Waals surface area contributed by atoms with E-state index in [1.54, 1.807) is 12.1 Å². The van der Waals surface area contributed by atoms with Gasteiger partial charge in [0.1, 0.15) is 17.2 Å².